The van der Waals surface area contributed by atoms with E-state index in [1.54, 1.807) is 39.7 Å². The fourth-order valence-corrected chi connectivity index (χ4v) is 2.71. The minimum Gasteiger partial charge on any atom is -0.493 e. The normalized spacial score (nSPS) is 11.9. The van der Waals surface area contributed by atoms with Crippen LogP contribution in [0.15, 0.2) is 34.9 Å². The van der Waals surface area contributed by atoms with Gasteiger partial charge in [0.1, 0.15) is 5.76 Å². The van der Waals surface area contributed by atoms with Crippen LogP contribution in [0.5, 0.6) is 17.2 Å². The molecule has 0 saturated heterocycles. The van der Waals surface area contributed by atoms with Crippen LogP contribution in [0.3, 0.4) is 0 Å². The van der Waals surface area contributed by atoms with Crippen molar-refractivity contribution in [1.82, 2.24) is 10.2 Å². The molecule has 0 saturated carbocycles. The van der Waals surface area contributed by atoms with Crippen LogP contribution in [0.4, 0.5) is 0 Å². The van der Waals surface area contributed by atoms with E-state index < -0.39 is 0 Å². The summed E-state index contributed by atoms with van der Waals surface area (Å²) in [5, 5.41) is 2.95. The Morgan fingerprint density at radius 1 is 1.15 bits per heavy atom. The van der Waals surface area contributed by atoms with Crippen molar-refractivity contribution in [3.05, 3.63) is 41.9 Å². The number of nitrogens with zero attached hydrogens (tertiary/aromatic N) is 1. The summed E-state index contributed by atoms with van der Waals surface area (Å²) in [6.45, 7) is 0.448. The molecule has 2 aromatic rings. The van der Waals surface area contributed by atoms with E-state index in [0.29, 0.717) is 23.8 Å². The third-order valence-corrected chi connectivity index (χ3v) is 4.08. The van der Waals surface area contributed by atoms with Crippen molar-refractivity contribution in [3.8, 4) is 17.2 Å². The third-order valence-electron chi connectivity index (χ3n) is 4.08. The van der Waals surface area contributed by atoms with Gasteiger partial charge in [0.2, 0.25) is 11.7 Å². The summed E-state index contributed by atoms with van der Waals surface area (Å²) in [5.41, 5.74) is 0.774. The number of nitrogens with one attached hydrogen (secondary N) is 1. The van der Waals surface area contributed by atoms with Crippen molar-refractivity contribution < 1.29 is 23.4 Å². The zero-order chi connectivity index (χ0) is 19.1. The van der Waals surface area contributed by atoms with Crippen LogP contribution < -0.4 is 19.5 Å². The molecule has 7 heteroatoms. The van der Waals surface area contributed by atoms with E-state index in [2.05, 4.69) is 5.32 Å². The molecule has 1 atom stereocenters. The third kappa shape index (κ3) is 4.70. The van der Waals surface area contributed by atoms with Gasteiger partial charge in [0.05, 0.1) is 40.1 Å². The van der Waals surface area contributed by atoms with E-state index in [1.165, 1.54) is 0 Å². The summed E-state index contributed by atoms with van der Waals surface area (Å²) in [6.07, 6.45) is 1.83. The average Bonchev–Trinajstić information content (AvgIpc) is 3.14. The molecule has 1 N–H and O–H groups in total. The van der Waals surface area contributed by atoms with Crippen molar-refractivity contribution >= 4 is 5.91 Å². The molecule has 0 aliphatic heterocycles. The Morgan fingerprint density at radius 3 is 2.27 bits per heavy atom. The standard InChI is InChI=1S/C19H26N2O5/c1-21(2)14(15-7-6-8-26-15)12-20-18(22)11-13-9-16(23-3)19(25-5)17(10-13)24-4/h6-10,14H,11-12H2,1-5H3,(H,20,22)/t14-/m0/s1. The van der Waals surface area contributed by atoms with Crippen LogP contribution in [-0.4, -0.2) is 52.8 Å². The molecule has 26 heavy (non-hydrogen) atoms. The van der Waals surface area contributed by atoms with Gasteiger partial charge >= 0.3 is 0 Å². The number of ether oxygens (including phenoxy) is 3. The van der Waals surface area contributed by atoms with Gasteiger partial charge in [-0.2, -0.15) is 0 Å². The molecule has 1 aromatic heterocycles. The molecule has 0 aliphatic carbocycles. The van der Waals surface area contributed by atoms with Crippen LogP contribution in [0.1, 0.15) is 17.4 Å². The van der Waals surface area contributed by atoms with Gasteiger partial charge in [0.25, 0.3) is 0 Å². The molecule has 0 radical (unpaired) electrons. The maximum absolute atomic E-state index is 12.4. The summed E-state index contributed by atoms with van der Waals surface area (Å²) in [7, 11) is 8.53. The largest absolute Gasteiger partial charge is 0.493 e. The van der Waals surface area contributed by atoms with Gasteiger partial charge in [-0.25, -0.2) is 0 Å². The summed E-state index contributed by atoms with van der Waals surface area (Å²) < 4.78 is 21.4. The number of likely N-dealkylation sites (N-methyl/N-ethyl adjacent to an activating group) is 1. The number of furan rings is 1. The lowest BCUT2D eigenvalue weighted by Gasteiger charge is -2.22. The zero-order valence-corrected chi connectivity index (χ0v) is 15.9. The molecule has 0 bridgehead atoms. The van der Waals surface area contributed by atoms with Crippen molar-refractivity contribution in [1.29, 1.82) is 0 Å². The summed E-state index contributed by atoms with van der Waals surface area (Å²) in [6, 6.07) is 7.25. The highest BCUT2D eigenvalue weighted by Crippen LogP contribution is 2.38. The Balaban J connectivity index is 2.05. The Labute approximate surface area is 153 Å². The number of carbonyl (C=O) groups excluding carboxylic acids is 1. The van der Waals surface area contributed by atoms with Crippen LogP contribution >= 0.6 is 0 Å². The molecule has 0 unspecified atom stereocenters. The number of hydrogen-bond acceptors (Lipinski definition) is 6. The van der Waals surface area contributed by atoms with Crippen molar-refractivity contribution in [2.24, 2.45) is 0 Å². The first-order chi connectivity index (χ1) is 12.5. The number of methoxy groups -OCH3 is 3. The Morgan fingerprint density at radius 2 is 1.81 bits per heavy atom. The van der Waals surface area contributed by atoms with Crippen molar-refractivity contribution in [2.45, 2.75) is 12.5 Å². The fourth-order valence-electron chi connectivity index (χ4n) is 2.71. The topological polar surface area (TPSA) is 73.2 Å². The molecular weight excluding hydrogens is 336 g/mol. The smallest absolute Gasteiger partial charge is 0.224 e. The quantitative estimate of drug-likeness (QED) is 0.738. The van der Waals surface area contributed by atoms with Crippen LogP contribution in [0, 0.1) is 0 Å². The molecule has 0 spiro atoms. The van der Waals surface area contributed by atoms with Crippen LogP contribution in [0.25, 0.3) is 0 Å². The highest BCUT2D eigenvalue weighted by Gasteiger charge is 2.19. The van der Waals surface area contributed by atoms with E-state index in [4.69, 9.17) is 18.6 Å². The highest BCUT2D eigenvalue weighted by molar-refractivity contribution is 5.79. The van der Waals surface area contributed by atoms with Gasteiger partial charge in [0, 0.05) is 6.54 Å². The van der Waals surface area contributed by atoms with Crippen LogP contribution in [-0.2, 0) is 11.2 Å². The van der Waals surface area contributed by atoms with Gasteiger partial charge in [-0.15, -0.1) is 0 Å². The second-order valence-corrected chi connectivity index (χ2v) is 6.01. The molecule has 142 valence electrons. The lowest BCUT2D eigenvalue weighted by atomic mass is 10.1. The SMILES string of the molecule is COc1cc(CC(=O)NC[C@@H](c2ccco2)N(C)C)cc(OC)c1OC. The lowest BCUT2D eigenvalue weighted by molar-refractivity contribution is -0.120. The number of carbonyl (C=O) groups is 1. The van der Waals surface area contributed by atoms with Gasteiger partial charge in [0.15, 0.2) is 11.5 Å². The number of benzene rings is 1. The second-order valence-electron chi connectivity index (χ2n) is 6.01. The first-order valence-corrected chi connectivity index (χ1v) is 8.25. The monoisotopic (exact) mass is 362 g/mol. The number of amides is 1. The summed E-state index contributed by atoms with van der Waals surface area (Å²) >= 11 is 0. The molecule has 0 fully saturated rings. The van der Waals surface area contributed by atoms with E-state index in [9.17, 15) is 4.79 Å². The highest BCUT2D eigenvalue weighted by atomic mass is 16.5. The van der Waals surface area contributed by atoms with E-state index in [-0.39, 0.29) is 18.4 Å². The maximum Gasteiger partial charge on any atom is 0.224 e. The summed E-state index contributed by atoms with van der Waals surface area (Å²) in [4.78, 5) is 14.4. The zero-order valence-electron chi connectivity index (χ0n) is 15.9. The molecule has 2 rings (SSSR count). The van der Waals surface area contributed by atoms with Gasteiger partial charge in [-0.1, -0.05) is 0 Å². The molecule has 7 nitrogen and oxygen atoms in total. The summed E-state index contributed by atoms with van der Waals surface area (Å²) in [5.74, 6) is 2.26. The van der Waals surface area contributed by atoms with Gasteiger partial charge in [-0.05, 0) is 43.9 Å². The van der Waals surface area contributed by atoms with E-state index in [0.717, 1.165) is 11.3 Å². The van der Waals surface area contributed by atoms with E-state index >= 15 is 0 Å². The lowest BCUT2D eigenvalue weighted by Crippen LogP contribution is -2.35. The predicted octanol–water partition coefficient (Wildman–Crippen LogP) is 2.27. The Bertz CT molecular complexity index is 688. The minimum atomic E-state index is -0.0994. The average molecular weight is 362 g/mol. The van der Waals surface area contributed by atoms with Crippen LogP contribution in [0.2, 0.25) is 0 Å². The molecule has 0 aliphatic rings. The number of hydrogen-bond donors (Lipinski definition) is 1. The predicted molar refractivity (Wildman–Crippen MR) is 97.9 cm³/mol. The second kappa shape index (κ2) is 9.15. The first kappa shape index (κ1) is 19.7. The van der Waals surface area contributed by atoms with Crippen molar-refractivity contribution in [3.63, 3.8) is 0 Å². The molecular formula is C19H26N2O5. The number of rotatable bonds is 9. The minimum absolute atomic E-state index is 0.0334. The van der Waals surface area contributed by atoms with Gasteiger partial charge < -0.3 is 23.9 Å². The van der Waals surface area contributed by atoms with E-state index in [1.807, 2.05) is 31.1 Å². The molecule has 1 heterocycles. The Kier molecular flexibility index (Phi) is 6.91. The maximum atomic E-state index is 12.4. The Hall–Kier alpha value is -2.67. The van der Waals surface area contributed by atoms with Crippen molar-refractivity contribution in [2.75, 3.05) is 42.0 Å². The molecule has 1 aromatic carbocycles. The first-order valence-electron chi connectivity index (χ1n) is 8.25. The molecule has 1 amide bonds. The fraction of sp³-hybridized carbons (Fsp3) is 0.421. The van der Waals surface area contributed by atoms with Gasteiger partial charge in [-0.3, -0.25) is 9.69 Å².